The molecule has 5 nitrogen and oxygen atoms in total. The van der Waals surface area contributed by atoms with Crippen molar-refractivity contribution >= 4 is 23.4 Å². The standard InChI is InChI=1S/C27H27NO4S/c1-2-26-24(19-6-4-3-5-7-19)12-23(33-26)17-31-22-9-8-20-10-18(16-32-25(20)11-22)13-28-14-21(15-28)27(29)30/h3-12,21H,2,13-17H2,1H3,(H,29,30). The molecule has 0 aliphatic carbocycles. The summed E-state index contributed by atoms with van der Waals surface area (Å²) in [6.45, 7) is 5.23. The molecule has 0 atom stereocenters. The van der Waals surface area contributed by atoms with E-state index in [-0.39, 0.29) is 5.92 Å². The smallest absolute Gasteiger partial charge is 0.309 e. The van der Waals surface area contributed by atoms with E-state index in [0.717, 1.165) is 30.0 Å². The normalized spacial score (nSPS) is 15.8. The first-order valence-electron chi connectivity index (χ1n) is 11.3. The van der Waals surface area contributed by atoms with Crippen molar-refractivity contribution in [1.82, 2.24) is 4.90 Å². The maximum Gasteiger partial charge on any atom is 0.309 e. The van der Waals surface area contributed by atoms with E-state index in [9.17, 15) is 4.79 Å². The number of fused-ring (bicyclic) bond motifs is 1. The zero-order chi connectivity index (χ0) is 22.8. The Kier molecular flexibility index (Phi) is 6.20. The second-order valence-electron chi connectivity index (χ2n) is 8.58. The first-order valence-corrected chi connectivity index (χ1v) is 12.1. The van der Waals surface area contributed by atoms with Crippen molar-refractivity contribution in [3.8, 4) is 22.6 Å². The average Bonchev–Trinajstić information content (AvgIpc) is 3.23. The molecule has 2 aliphatic heterocycles. The van der Waals surface area contributed by atoms with Crippen LogP contribution >= 0.6 is 11.3 Å². The van der Waals surface area contributed by atoms with Gasteiger partial charge in [0.2, 0.25) is 0 Å². The van der Waals surface area contributed by atoms with E-state index < -0.39 is 5.97 Å². The molecule has 1 saturated heterocycles. The van der Waals surface area contributed by atoms with Crippen LogP contribution in [0.25, 0.3) is 17.2 Å². The second kappa shape index (κ2) is 9.41. The van der Waals surface area contributed by atoms with Gasteiger partial charge in [0.15, 0.2) is 0 Å². The first-order chi connectivity index (χ1) is 16.1. The predicted molar refractivity (Wildman–Crippen MR) is 131 cm³/mol. The van der Waals surface area contributed by atoms with Gasteiger partial charge in [-0.25, -0.2) is 0 Å². The van der Waals surface area contributed by atoms with Crippen LogP contribution < -0.4 is 9.47 Å². The highest BCUT2D eigenvalue weighted by Crippen LogP contribution is 2.34. The summed E-state index contributed by atoms with van der Waals surface area (Å²) in [5.74, 6) is 0.685. The summed E-state index contributed by atoms with van der Waals surface area (Å²) in [4.78, 5) is 15.7. The lowest BCUT2D eigenvalue weighted by Crippen LogP contribution is -2.51. The first kappa shape index (κ1) is 21.7. The Morgan fingerprint density at radius 1 is 1.18 bits per heavy atom. The maximum absolute atomic E-state index is 11.0. The lowest BCUT2D eigenvalue weighted by Gasteiger charge is -2.37. The van der Waals surface area contributed by atoms with Crippen molar-refractivity contribution < 1.29 is 19.4 Å². The van der Waals surface area contributed by atoms with Crippen LogP contribution in [0.1, 0.15) is 22.2 Å². The minimum Gasteiger partial charge on any atom is -0.488 e. The van der Waals surface area contributed by atoms with Gasteiger partial charge in [-0.1, -0.05) is 37.3 Å². The summed E-state index contributed by atoms with van der Waals surface area (Å²) in [6, 6.07) is 18.7. The Morgan fingerprint density at radius 3 is 2.76 bits per heavy atom. The van der Waals surface area contributed by atoms with Crippen LogP contribution in [0.4, 0.5) is 0 Å². The molecule has 0 saturated carbocycles. The molecule has 0 spiro atoms. The number of hydrogen-bond donors (Lipinski definition) is 1. The van der Waals surface area contributed by atoms with Crippen LogP contribution in [0.15, 0.2) is 60.2 Å². The monoisotopic (exact) mass is 461 g/mol. The number of thiophene rings is 1. The topological polar surface area (TPSA) is 59.0 Å². The van der Waals surface area contributed by atoms with Gasteiger partial charge in [0.05, 0.1) is 5.92 Å². The number of aliphatic carboxylic acids is 1. The third kappa shape index (κ3) is 4.82. The van der Waals surface area contributed by atoms with Crippen molar-refractivity contribution in [2.75, 3.05) is 26.2 Å². The summed E-state index contributed by atoms with van der Waals surface area (Å²) in [5.41, 5.74) is 4.75. The van der Waals surface area contributed by atoms with E-state index in [1.54, 1.807) is 0 Å². The van der Waals surface area contributed by atoms with Crippen LogP contribution in [0.2, 0.25) is 0 Å². The van der Waals surface area contributed by atoms with Gasteiger partial charge in [0.1, 0.15) is 24.7 Å². The average molecular weight is 462 g/mol. The Morgan fingerprint density at radius 2 is 2.00 bits per heavy atom. The van der Waals surface area contributed by atoms with Crippen LogP contribution in [-0.4, -0.2) is 42.2 Å². The van der Waals surface area contributed by atoms with Gasteiger partial charge in [-0.2, -0.15) is 0 Å². The summed E-state index contributed by atoms with van der Waals surface area (Å²) < 4.78 is 12.1. The van der Waals surface area contributed by atoms with E-state index in [4.69, 9.17) is 14.6 Å². The Balaban J connectivity index is 1.22. The third-order valence-electron chi connectivity index (χ3n) is 6.14. The quantitative estimate of drug-likeness (QED) is 0.490. The number of carboxylic acids is 1. The fourth-order valence-electron chi connectivity index (χ4n) is 4.35. The molecule has 6 heteroatoms. The molecule has 0 bridgehead atoms. The molecule has 2 aliphatic rings. The zero-order valence-electron chi connectivity index (χ0n) is 18.6. The number of carboxylic acid groups (broad SMARTS) is 1. The van der Waals surface area contributed by atoms with Crippen LogP contribution in [0, 0.1) is 5.92 Å². The number of ether oxygens (including phenoxy) is 2. The Bertz CT molecular complexity index is 1180. The number of hydrogen-bond acceptors (Lipinski definition) is 5. The summed E-state index contributed by atoms with van der Waals surface area (Å²) >= 11 is 1.81. The largest absolute Gasteiger partial charge is 0.488 e. The molecule has 5 rings (SSSR count). The van der Waals surface area contributed by atoms with Gasteiger partial charge in [-0.05, 0) is 47.4 Å². The lowest BCUT2D eigenvalue weighted by molar-refractivity contribution is -0.147. The third-order valence-corrected chi connectivity index (χ3v) is 7.39. The van der Waals surface area contributed by atoms with Crippen LogP contribution in [0.3, 0.4) is 0 Å². The molecule has 0 radical (unpaired) electrons. The van der Waals surface area contributed by atoms with E-state index in [1.165, 1.54) is 26.5 Å². The highest BCUT2D eigenvalue weighted by molar-refractivity contribution is 7.12. The van der Waals surface area contributed by atoms with Crippen molar-refractivity contribution in [2.45, 2.75) is 20.0 Å². The van der Waals surface area contributed by atoms with E-state index >= 15 is 0 Å². The molecule has 3 aromatic rings. The molecule has 1 aromatic heterocycles. The lowest BCUT2D eigenvalue weighted by atomic mass is 9.98. The van der Waals surface area contributed by atoms with Crippen molar-refractivity contribution in [3.05, 3.63) is 75.5 Å². The molecule has 1 fully saturated rings. The van der Waals surface area contributed by atoms with Gasteiger partial charge in [0, 0.05) is 41.0 Å². The van der Waals surface area contributed by atoms with Crippen LogP contribution in [0.5, 0.6) is 11.5 Å². The summed E-state index contributed by atoms with van der Waals surface area (Å²) in [7, 11) is 0. The summed E-state index contributed by atoms with van der Waals surface area (Å²) in [5, 5.41) is 9.03. The van der Waals surface area contributed by atoms with Gasteiger partial charge in [0.25, 0.3) is 0 Å². The highest BCUT2D eigenvalue weighted by Gasteiger charge is 2.32. The SMILES string of the molecule is CCc1sc(COc2ccc3c(c2)OCC(CN2CC(C(=O)O)C2)=C3)cc1-c1ccccc1. The van der Waals surface area contributed by atoms with Crippen molar-refractivity contribution in [2.24, 2.45) is 5.92 Å². The number of carbonyl (C=O) groups is 1. The van der Waals surface area contributed by atoms with E-state index in [0.29, 0.717) is 26.3 Å². The van der Waals surface area contributed by atoms with E-state index in [2.05, 4.69) is 48.2 Å². The van der Waals surface area contributed by atoms with Gasteiger partial charge >= 0.3 is 5.97 Å². The molecule has 170 valence electrons. The van der Waals surface area contributed by atoms with Crippen molar-refractivity contribution in [1.29, 1.82) is 0 Å². The molecular weight excluding hydrogens is 434 g/mol. The van der Waals surface area contributed by atoms with E-state index in [1.807, 2.05) is 35.6 Å². The van der Waals surface area contributed by atoms with Crippen LogP contribution in [-0.2, 0) is 17.8 Å². The second-order valence-corrected chi connectivity index (χ2v) is 9.80. The van der Waals surface area contributed by atoms with Crippen molar-refractivity contribution in [3.63, 3.8) is 0 Å². The predicted octanol–water partition coefficient (Wildman–Crippen LogP) is 5.35. The van der Waals surface area contributed by atoms with Gasteiger partial charge < -0.3 is 14.6 Å². The number of nitrogens with zero attached hydrogens (tertiary/aromatic N) is 1. The highest BCUT2D eigenvalue weighted by atomic mass is 32.1. The number of aryl methyl sites for hydroxylation is 1. The molecule has 0 amide bonds. The number of likely N-dealkylation sites (tertiary alicyclic amines) is 1. The molecule has 3 heterocycles. The van der Waals surface area contributed by atoms with Gasteiger partial charge in [-0.15, -0.1) is 11.3 Å². The maximum atomic E-state index is 11.0. The Labute approximate surface area is 197 Å². The minimum absolute atomic E-state index is 0.234. The molecule has 0 unspecified atom stereocenters. The zero-order valence-corrected chi connectivity index (χ0v) is 19.4. The number of rotatable bonds is 8. The fraction of sp³-hybridized carbons (Fsp3) is 0.296. The number of benzene rings is 2. The molecule has 1 N–H and O–H groups in total. The molecule has 2 aromatic carbocycles. The minimum atomic E-state index is -0.706. The molecular formula is C27H27NO4S. The summed E-state index contributed by atoms with van der Waals surface area (Å²) in [6.07, 6.45) is 3.15. The Hall–Kier alpha value is -3.09. The fourth-order valence-corrected chi connectivity index (χ4v) is 5.39. The van der Waals surface area contributed by atoms with Gasteiger partial charge in [-0.3, -0.25) is 9.69 Å². The molecule has 33 heavy (non-hydrogen) atoms.